The molecule has 2 aliphatic rings. The summed E-state index contributed by atoms with van der Waals surface area (Å²) in [5.74, 6) is -1.19. The SMILES string of the molecule is CC(C)(C)N1CCC2(C=C(OS(=O)(=O)C(F)(F)F)c3ccc(F)cc3O2)CC1. The first kappa shape index (κ1) is 20.9. The lowest BCUT2D eigenvalue weighted by atomic mass is 9.85. The van der Waals surface area contributed by atoms with E-state index >= 15 is 0 Å². The maximum atomic E-state index is 13.7. The highest BCUT2D eigenvalue weighted by molar-refractivity contribution is 7.87. The molecule has 28 heavy (non-hydrogen) atoms. The molecule has 1 aromatic carbocycles. The van der Waals surface area contributed by atoms with E-state index in [0.29, 0.717) is 25.9 Å². The quantitative estimate of drug-likeness (QED) is 0.408. The van der Waals surface area contributed by atoms with E-state index in [1.165, 1.54) is 6.08 Å². The number of hydrogen-bond acceptors (Lipinski definition) is 5. The first-order valence-corrected chi connectivity index (χ1v) is 10.1. The number of ether oxygens (including phenoxy) is 1. The van der Waals surface area contributed by atoms with Crippen LogP contribution in [0, 0.1) is 5.82 Å². The zero-order valence-corrected chi connectivity index (χ0v) is 16.5. The van der Waals surface area contributed by atoms with Gasteiger partial charge in [-0.2, -0.15) is 21.6 Å². The minimum Gasteiger partial charge on any atom is -0.482 e. The van der Waals surface area contributed by atoms with E-state index in [4.69, 9.17) is 4.74 Å². The van der Waals surface area contributed by atoms with Crippen molar-refractivity contribution in [3.63, 3.8) is 0 Å². The Bertz CT molecular complexity index is 895. The van der Waals surface area contributed by atoms with Gasteiger partial charge in [-0.05, 0) is 32.9 Å². The van der Waals surface area contributed by atoms with E-state index in [9.17, 15) is 26.0 Å². The Balaban J connectivity index is 1.99. The van der Waals surface area contributed by atoms with Crippen molar-refractivity contribution in [3.8, 4) is 5.75 Å². The highest BCUT2D eigenvalue weighted by Gasteiger charge is 2.50. The van der Waals surface area contributed by atoms with Crippen LogP contribution >= 0.6 is 0 Å². The Labute approximate surface area is 161 Å². The fourth-order valence-corrected chi connectivity index (χ4v) is 3.85. The van der Waals surface area contributed by atoms with Crippen molar-refractivity contribution in [1.29, 1.82) is 0 Å². The van der Waals surface area contributed by atoms with Crippen LogP contribution in [-0.2, 0) is 14.3 Å². The smallest absolute Gasteiger partial charge is 0.482 e. The molecular formula is C18H21F4NO4S. The molecule has 10 heteroatoms. The number of benzene rings is 1. The van der Waals surface area contributed by atoms with Crippen molar-refractivity contribution in [2.24, 2.45) is 0 Å². The zero-order valence-electron chi connectivity index (χ0n) is 15.6. The van der Waals surface area contributed by atoms with Gasteiger partial charge in [0.05, 0.1) is 5.56 Å². The Hall–Kier alpha value is -1.81. The summed E-state index contributed by atoms with van der Waals surface area (Å²) in [6.45, 7) is 7.26. The van der Waals surface area contributed by atoms with Gasteiger partial charge in [0.15, 0.2) is 5.76 Å². The fraction of sp³-hybridized carbons (Fsp3) is 0.556. The minimum atomic E-state index is -5.87. The molecular weight excluding hydrogens is 402 g/mol. The summed E-state index contributed by atoms with van der Waals surface area (Å²) in [7, 11) is -5.87. The van der Waals surface area contributed by atoms with Crippen molar-refractivity contribution in [1.82, 2.24) is 4.90 Å². The average molecular weight is 423 g/mol. The van der Waals surface area contributed by atoms with Gasteiger partial charge in [0.25, 0.3) is 0 Å². The molecule has 0 N–H and O–H groups in total. The van der Waals surface area contributed by atoms with E-state index in [2.05, 4.69) is 9.08 Å². The Morgan fingerprint density at radius 2 is 1.75 bits per heavy atom. The molecule has 0 radical (unpaired) electrons. The van der Waals surface area contributed by atoms with Crippen molar-refractivity contribution in [2.45, 2.75) is 50.3 Å². The third kappa shape index (κ3) is 3.98. The number of rotatable bonds is 2. The summed E-state index contributed by atoms with van der Waals surface area (Å²) in [6, 6.07) is 3.16. The standard InChI is InChI=1S/C18H21F4NO4S/c1-16(2,3)23-8-6-17(7-9-23)11-15(27-28(24,25)18(20,21)22)13-5-4-12(19)10-14(13)26-17/h4-5,10-11H,6-9H2,1-3H3. The van der Waals surface area contributed by atoms with Gasteiger partial charge in [0, 0.05) is 43.6 Å². The first-order chi connectivity index (χ1) is 12.7. The van der Waals surface area contributed by atoms with E-state index in [-0.39, 0.29) is 16.9 Å². The summed E-state index contributed by atoms with van der Waals surface area (Å²) in [6.07, 6.45) is 2.05. The summed E-state index contributed by atoms with van der Waals surface area (Å²) >= 11 is 0. The van der Waals surface area contributed by atoms with Crippen molar-refractivity contribution < 1.29 is 34.9 Å². The van der Waals surface area contributed by atoms with E-state index in [1.54, 1.807) is 0 Å². The molecule has 0 unspecified atom stereocenters. The monoisotopic (exact) mass is 423 g/mol. The molecule has 2 aliphatic heterocycles. The Kier molecular flexibility index (Phi) is 4.94. The number of likely N-dealkylation sites (tertiary alicyclic amines) is 1. The highest BCUT2D eigenvalue weighted by atomic mass is 32.2. The summed E-state index contributed by atoms with van der Waals surface area (Å²) in [5, 5.41) is 0. The second-order valence-electron chi connectivity index (χ2n) is 7.96. The Morgan fingerprint density at radius 3 is 2.29 bits per heavy atom. The summed E-state index contributed by atoms with van der Waals surface area (Å²) in [4.78, 5) is 2.18. The number of halogens is 4. The molecule has 3 rings (SSSR count). The Morgan fingerprint density at radius 1 is 1.14 bits per heavy atom. The molecule has 0 aromatic heterocycles. The third-order valence-electron chi connectivity index (χ3n) is 4.96. The van der Waals surface area contributed by atoms with Crippen molar-refractivity contribution in [3.05, 3.63) is 35.7 Å². The van der Waals surface area contributed by atoms with Gasteiger partial charge in [0.1, 0.15) is 17.2 Å². The first-order valence-electron chi connectivity index (χ1n) is 8.70. The molecule has 0 aliphatic carbocycles. The summed E-state index contributed by atoms with van der Waals surface area (Å²) in [5.41, 5.74) is -6.80. The molecule has 0 saturated carbocycles. The fourth-order valence-electron chi connectivity index (χ4n) is 3.39. The molecule has 1 fully saturated rings. The molecule has 1 aromatic rings. The van der Waals surface area contributed by atoms with Crippen molar-refractivity contribution >= 4 is 15.9 Å². The van der Waals surface area contributed by atoms with Crippen molar-refractivity contribution in [2.75, 3.05) is 13.1 Å². The maximum absolute atomic E-state index is 13.7. The maximum Gasteiger partial charge on any atom is 0.534 e. The summed E-state index contributed by atoms with van der Waals surface area (Å²) < 4.78 is 85.5. The van der Waals surface area contributed by atoms with Gasteiger partial charge < -0.3 is 8.92 Å². The van der Waals surface area contributed by atoms with Crippen LogP contribution in [0.15, 0.2) is 24.3 Å². The molecule has 0 atom stereocenters. The number of fused-ring (bicyclic) bond motifs is 1. The van der Waals surface area contributed by atoms with E-state index in [1.807, 2.05) is 20.8 Å². The number of alkyl halides is 3. The predicted octanol–water partition coefficient (Wildman–Crippen LogP) is 4.06. The lowest BCUT2D eigenvalue weighted by Gasteiger charge is -2.46. The average Bonchev–Trinajstić information content (AvgIpc) is 2.52. The predicted molar refractivity (Wildman–Crippen MR) is 94.4 cm³/mol. The van der Waals surface area contributed by atoms with E-state index < -0.39 is 32.8 Å². The zero-order chi connectivity index (χ0) is 21.0. The van der Waals surface area contributed by atoms with Crippen LogP contribution in [0.1, 0.15) is 39.2 Å². The van der Waals surface area contributed by atoms with Crippen LogP contribution in [0.4, 0.5) is 17.6 Å². The van der Waals surface area contributed by atoms with Crippen LogP contribution in [0.2, 0.25) is 0 Å². The van der Waals surface area contributed by atoms with Crippen LogP contribution in [0.3, 0.4) is 0 Å². The normalized spacial score (nSPS) is 20.3. The molecule has 2 heterocycles. The van der Waals surface area contributed by atoms with Crippen LogP contribution < -0.4 is 4.74 Å². The highest BCUT2D eigenvalue weighted by Crippen LogP contribution is 2.44. The number of piperidine rings is 1. The third-order valence-corrected chi connectivity index (χ3v) is 5.92. The molecule has 5 nitrogen and oxygen atoms in total. The van der Waals surface area contributed by atoms with Gasteiger partial charge in [0.2, 0.25) is 0 Å². The van der Waals surface area contributed by atoms with Gasteiger partial charge in [-0.15, -0.1) is 0 Å². The molecule has 1 saturated heterocycles. The lowest BCUT2D eigenvalue weighted by Crippen LogP contribution is -2.53. The molecule has 0 amide bonds. The van der Waals surface area contributed by atoms with Gasteiger partial charge in [-0.25, -0.2) is 4.39 Å². The van der Waals surface area contributed by atoms with Crippen LogP contribution in [0.5, 0.6) is 5.75 Å². The molecule has 156 valence electrons. The largest absolute Gasteiger partial charge is 0.534 e. The second-order valence-corrected chi connectivity index (χ2v) is 9.49. The lowest BCUT2D eigenvalue weighted by molar-refractivity contribution is -0.0512. The molecule has 0 bridgehead atoms. The van der Waals surface area contributed by atoms with Gasteiger partial charge in [-0.3, -0.25) is 4.90 Å². The topological polar surface area (TPSA) is 55.8 Å². The van der Waals surface area contributed by atoms with Gasteiger partial charge in [-0.1, -0.05) is 0 Å². The van der Waals surface area contributed by atoms with E-state index in [0.717, 1.165) is 18.2 Å². The molecule has 1 spiro atoms. The van der Waals surface area contributed by atoms with Crippen LogP contribution in [0.25, 0.3) is 5.76 Å². The van der Waals surface area contributed by atoms with Crippen LogP contribution in [-0.4, -0.2) is 43.1 Å². The second kappa shape index (κ2) is 6.62. The number of nitrogens with zero attached hydrogens (tertiary/aromatic N) is 1. The number of hydrogen-bond donors (Lipinski definition) is 0. The van der Waals surface area contributed by atoms with Gasteiger partial charge >= 0.3 is 15.6 Å². The minimum absolute atomic E-state index is 0.0425.